The lowest BCUT2D eigenvalue weighted by Crippen LogP contribution is -2.07. The number of aldehydes is 1. The highest BCUT2D eigenvalue weighted by molar-refractivity contribution is 5.49. The molecule has 0 saturated heterocycles. The van der Waals surface area contributed by atoms with Gasteiger partial charge in [-0.3, -0.25) is 0 Å². The summed E-state index contributed by atoms with van der Waals surface area (Å²) in [6.45, 7) is 6.26. The van der Waals surface area contributed by atoms with Crippen LogP contribution >= 0.6 is 0 Å². The fourth-order valence-corrected chi connectivity index (χ4v) is 2.01. The molecule has 0 aliphatic rings. The van der Waals surface area contributed by atoms with E-state index in [1.54, 1.807) is 0 Å². The molecule has 0 saturated carbocycles. The summed E-state index contributed by atoms with van der Waals surface area (Å²) < 4.78 is 0. The summed E-state index contributed by atoms with van der Waals surface area (Å²) in [5.74, 6) is 1.28. The van der Waals surface area contributed by atoms with Crippen LogP contribution in [0.1, 0.15) is 59.3 Å². The number of hydrogen-bond donors (Lipinski definition) is 1. The van der Waals surface area contributed by atoms with Crippen molar-refractivity contribution in [3.8, 4) is 0 Å². The summed E-state index contributed by atoms with van der Waals surface area (Å²) in [7, 11) is 0. The van der Waals surface area contributed by atoms with Gasteiger partial charge in [0.2, 0.25) is 0 Å². The third-order valence-corrected chi connectivity index (χ3v) is 2.91. The summed E-state index contributed by atoms with van der Waals surface area (Å²) in [5.41, 5.74) is 0. The summed E-state index contributed by atoms with van der Waals surface area (Å²) in [6.07, 6.45) is 7.07. The summed E-state index contributed by atoms with van der Waals surface area (Å²) >= 11 is 0. The predicted octanol–water partition coefficient (Wildman–Crippen LogP) is 3.18. The van der Waals surface area contributed by atoms with E-state index in [1.807, 2.05) is 6.92 Å². The van der Waals surface area contributed by atoms with Gasteiger partial charge in [-0.2, -0.15) is 0 Å². The highest BCUT2D eigenvalue weighted by atomic mass is 16.3. The van der Waals surface area contributed by atoms with Crippen molar-refractivity contribution in [2.75, 3.05) is 0 Å². The fourth-order valence-electron chi connectivity index (χ4n) is 2.01. The van der Waals surface area contributed by atoms with Crippen LogP contribution in [0, 0.1) is 11.8 Å². The summed E-state index contributed by atoms with van der Waals surface area (Å²) in [6, 6.07) is 0. The van der Waals surface area contributed by atoms with Crippen LogP contribution < -0.4 is 0 Å². The minimum absolute atomic E-state index is 0.174. The van der Waals surface area contributed by atoms with Crippen LogP contribution in [0.15, 0.2) is 0 Å². The number of aliphatic hydroxyl groups excluding tert-OH is 1. The number of carbonyl (C=O) groups excluding carboxylic acids is 1. The molecule has 0 aromatic rings. The molecule has 0 aliphatic carbocycles. The van der Waals surface area contributed by atoms with Gasteiger partial charge in [0.1, 0.15) is 6.29 Å². The van der Waals surface area contributed by atoms with Crippen molar-refractivity contribution in [3.05, 3.63) is 0 Å². The Morgan fingerprint density at radius 1 is 1.07 bits per heavy atom. The smallest absolute Gasteiger partial charge is 0.120 e. The van der Waals surface area contributed by atoms with E-state index in [9.17, 15) is 9.90 Å². The van der Waals surface area contributed by atoms with Crippen LogP contribution in [0.5, 0.6) is 0 Å². The zero-order valence-corrected chi connectivity index (χ0v) is 10.4. The molecule has 0 amide bonds. The Hall–Kier alpha value is -0.370. The van der Waals surface area contributed by atoms with E-state index in [1.165, 1.54) is 19.3 Å². The Morgan fingerprint density at radius 3 is 2.20 bits per heavy atom. The molecule has 3 unspecified atom stereocenters. The molecule has 90 valence electrons. The van der Waals surface area contributed by atoms with Crippen molar-refractivity contribution in [3.63, 3.8) is 0 Å². The van der Waals surface area contributed by atoms with Crippen LogP contribution in [0.3, 0.4) is 0 Å². The fraction of sp³-hybridized carbons (Fsp3) is 0.923. The minimum atomic E-state index is -0.174. The van der Waals surface area contributed by atoms with Crippen molar-refractivity contribution in [2.45, 2.75) is 65.4 Å². The second kappa shape index (κ2) is 8.90. The van der Waals surface area contributed by atoms with Crippen molar-refractivity contribution < 1.29 is 9.90 Å². The zero-order chi connectivity index (χ0) is 11.7. The van der Waals surface area contributed by atoms with Crippen molar-refractivity contribution in [2.24, 2.45) is 11.8 Å². The summed E-state index contributed by atoms with van der Waals surface area (Å²) in [5, 5.41) is 9.21. The largest absolute Gasteiger partial charge is 0.393 e. The maximum absolute atomic E-state index is 10.2. The van der Waals surface area contributed by atoms with Gasteiger partial charge in [0.15, 0.2) is 0 Å². The van der Waals surface area contributed by atoms with Crippen molar-refractivity contribution >= 4 is 6.29 Å². The number of rotatable bonds is 9. The maximum Gasteiger partial charge on any atom is 0.120 e. The normalized spacial score (nSPS) is 17.1. The van der Waals surface area contributed by atoms with Gasteiger partial charge in [-0.05, 0) is 31.6 Å². The average molecular weight is 214 g/mol. The first-order valence-corrected chi connectivity index (χ1v) is 6.18. The maximum atomic E-state index is 10.2. The van der Waals surface area contributed by atoms with Crippen molar-refractivity contribution in [1.29, 1.82) is 0 Å². The average Bonchev–Trinajstić information content (AvgIpc) is 2.13. The lowest BCUT2D eigenvalue weighted by Gasteiger charge is -2.14. The molecule has 3 atom stereocenters. The van der Waals surface area contributed by atoms with Crippen LogP contribution in [0.4, 0.5) is 0 Å². The van der Waals surface area contributed by atoms with Gasteiger partial charge in [0.25, 0.3) is 0 Å². The second-order valence-electron chi connectivity index (χ2n) is 4.97. The zero-order valence-electron chi connectivity index (χ0n) is 10.4. The Labute approximate surface area is 94.1 Å². The molecule has 0 aromatic heterocycles. The number of carbonyl (C=O) groups is 1. The molecular formula is C13H26O2. The topological polar surface area (TPSA) is 37.3 Å². The molecule has 1 N–H and O–H groups in total. The highest BCUT2D eigenvalue weighted by Gasteiger charge is 2.07. The molecule has 0 spiro atoms. The predicted molar refractivity (Wildman–Crippen MR) is 63.8 cm³/mol. The first-order chi connectivity index (χ1) is 7.06. The van der Waals surface area contributed by atoms with Gasteiger partial charge in [-0.25, -0.2) is 0 Å². The van der Waals surface area contributed by atoms with Gasteiger partial charge < -0.3 is 9.90 Å². The molecule has 2 nitrogen and oxygen atoms in total. The van der Waals surface area contributed by atoms with Gasteiger partial charge >= 0.3 is 0 Å². The molecule has 0 heterocycles. The Morgan fingerprint density at radius 2 is 1.67 bits per heavy atom. The highest BCUT2D eigenvalue weighted by Crippen LogP contribution is 2.18. The van der Waals surface area contributed by atoms with Gasteiger partial charge in [0.05, 0.1) is 6.10 Å². The first kappa shape index (κ1) is 14.6. The SMILES string of the molecule is CC(O)CC(C)CCCC(C)CCC=O. The standard InChI is InChI=1S/C13H26O2/c1-11(8-5-9-14)6-4-7-12(2)10-13(3)15/h9,11-13,15H,4-8,10H2,1-3H3. The molecule has 0 aromatic carbocycles. The van der Waals surface area contributed by atoms with E-state index in [-0.39, 0.29) is 6.10 Å². The third kappa shape index (κ3) is 9.92. The molecule has 0 fully saturated rings. The Kier molecular flexibility index (Phi) is 8.68. The Bertz CT molecular complexity index is 155. The summed E-state index contributed by atoms with van der Waals surface area (Å²) in [4.78, 5) is 10.2. The van der Waals surface area contributed by atoms with E-state index in [0.29, 0.717) is 18.3 Å². The molecule has 15 heavy (non-hydrogen) atoms. The van der Waals surface area contributed by atoms with E-state index < -0.39 is 0 Å². The molecule has 0 aliphatic heterocycles. The lowest BCUT2D eigenvalue weighted by molar-refractivity contribution is -0.108. The van der Waals surface area contributed by atoms with E-state index in [0.717, 1.165) is 19.1 Å². The molecule has 0 radical (unpaired) electrons. The molecule has 2 heteroatoms. The van der Waals surface area contributed by atoms with Gasteiger partial charge in [-0.1, -0.05) is 33.1 Å². The van der Waals surface area contributed by atoms with Gasteiger partial charge in [0, 0.05) is 6.42 Å². The quantitative estimate of drug-likeness (QED) is 0.598. The van der Waals surface area contributed by atoms with Gasteiger partial charge in [-0.15, -0.1) is 0 Å². The van der Waals surface area contributed by atoms with Crippen LogP contribution in [0.2, 0.25) is 0 Å². The second-order valence-corrected chi connectivity index (χ2v) is 4.97. The van der Waals surface area contributed by atoms with Crippen LogP contribution in [0.25, 0.3) is 0 Å². The van der Waals surface area contributed by atoms with Crippen LogP contribution in [-0.4, -0.2) is 17.5 Å². The first-order valence-electron chi connectivity index (χ1n) is 6.18. The molecule has 0 bridgehead atoms. The third-order valence-electron chi connectivity index (χ3n) is 2.91. The monoisotopic (exact) mass is 214 g/mol. The van der Waals surface area contributed by atoms with E-state index >= 15 is 0 Å². The number of aliphatic hydroxyl groups is 1. The van der Waals surface area contributed by atoms with E-state index in [4.69, 9.17) is 0 Å². The lowest BCUT2D eigenvalue weighted by atomic mass is 9.93. The van der Waals surface area contributed by atoms with E-state index in [2.05, 4.69) is 13.8 Å². The molecular weight excluding hydrogens is 188 g/mol. The van der Waals surface area contributed by atoms with Crippen molar-refractivity contribution in [1.82, 2.24) is 0 Å². The minimum Gasteiger partial charge on any atom is -0.393 e. The van der Waals surface area contributed by atoms with Crippen LogP contribution in [-0.2, 0) is 4.79 Å². The number of hydrogen-bond acceptors (Lipinski definition) is 2. The molecule has 0 rings (SSSR count). The Balaban J connectivity index is 3.39.